The molecule has 5 aromatic rings. The van der Waals surface area contributed by atoms with Crippen LogP contribution in [-0.4, -0.2) is 37.5 Å². The second-order valence-electron chi connectivity index (χ2n) is 11.2. The number of fused-ring (bicyclic) bond motifs is 5. The number of halogens is 1. The fourth-order valence-corrected chi connectivity index (χ4v) is 6.83. The molecule has 0 saturated heterocycles. The Morgan fingerprint density at radius 2 is 1.62 bits per heavy atom. The van der Waals surface area contributed by atoms with Crippen molar-refractivity contribution in [2.45, 2.75) is 25.4 Å². The van der Waals surface area contributed by atoms with Crippen molar-refractivity contribution in [2.24, 2.45) is 0 Å². The molecule has 1 atom stereocenters. The number of rotatable bonds is 7. The van der Waals surface area contributed by atoms with Crippen LogP contribution in [-0.2, 0) is 23.3 Å². The molecule has 0 saturated carbocycles. The van der Waals surface area contributed by atoms with Crippen LogP contribution < -0.4 is 19.8 Å². The molecule has 2 amide bonds. The molecule has 4 aromatic carbocycles. The fourth-order valence-electron chi connectivity index (χ4n) is 6.64. The van der Waals surface area contributed by atoms with Crippen LogP contribution in [0.25, 0.3) is 11.0 Å². The van der Waals surface area contributed by atoms with E-state index in [9.17, 15) is 9.59 Å². The zero-order valence-corrected chi connectivity index (χ0v) is 25.7. The molecule has 0 fully saturated rings. The first-order chi connectivity index (χ1) is 21.8. The minimum atomic E-state index is -1.74. The summed E-state index contributed by atoms with van der Waals surface area (Å²) in [5.74, 6) is 0.0724. The summed E-state index contributed by atoms with van der Waals surface area (Å²) in [5.41, 5.74) is 1.79. The molecule has 1 aromatic heterocycles. The number of hydrogen-bond acceptors (Lipinski definition) is 6. The zero-order chi connectivity index (χ0) is 31.5. The highest BCUT2D eigenvalue weighted by Gasteiger charge is 2.64. The minimum absolute atomic E-state index is 0.0389. The number of benzene rings is 4. The van der Waals surface area contributed by atoms with Gasteiger partial charge in [-0.05, 0) is 60.9 Å². The molecular weight excluding hydrogens is 592 g/mol. The van der Waals surface area contributed by atoms with Gasteiger partial charge in [-0.2, -0.15) is 0 Å². The van der Waals surface area contributed by atoms with Crippen LogP contribution in [0.1, 0.15) is 38.4 Å². The molecule has 0 radical (unpaired) electrons. The van der Waals surface area contributed by atoms with Crippen molar-refractivity contribution in [3.63, 3.8) is 0 Å². The number of hydrogen-bond donors (Lipinski definition) is 0. The molecule has 226 valence electrons. The van der Waals surface area contributed by atoms with Gasteiger partial charge in [-0.3, -0.25) is 14.4 Å². The lowest BCUT2D eigenvalue weighted by Crippen LogP contribution is -2.53. The van der Waals surface area contributed by atoms with Crippen molar-refractivity contribution < 1.29 is 23.5 Å². The van der Waals surface area contributed by atoms with Gasteiger partial charge in [0.05, 0.1) is 37.4 Å². The van der Waals surface area contributed by atoms with E-state index < -0.39 is 22.8 Å². The topological polar surface area (TPSA) is 89.3 Å². The number of nitrogens with zero attached hydrogens (tertiary/aromatic N) is 2. The summed E-state index contributed by atoms with van der Waals surface area (Å²) < 4.78 is 17.1. The van der Waals surface area contributed by atoms with Crippen LogP contribution in [0, 0.1) is 6.92 Å². The lowest BCUT2D eigenvalue weighted by molar-refractivity contribution is -0.126. The Hall–Kier alpha value is -5.08. The van der Waals surface area contributed by atoms with Crippen molar-refractivity contribution in [1.82, 2.24) is 4.90 Å². The molecule has 0 bridgehead atoms. The van der Waals surface area contributed by atoms with Crippen molar-refractivity contribution in [3.05, 3.63) is 134 Å². The number of anilines is 1. The summed E-state index contributed by atoms with van der Waals surface area (Å²) in [6.45, 7) is 2.15. The Kier molecular flexibility index (Phi) is 6.89. The molecular formula is C36H29ClN2O6. The normalized spacial score (nSPS) is 16.9. The average Bonchev–Trinajstić information content (AvgIpc) is 3.44. The largest absolute Gasteiger partial charge is 0.493 e. The molecule has 0 aliphatic carbocycles. The number of aryl methyl sites for hydroxylation is 1. The van der Waals surface area contributed by atoms with E-state index in [0.29, 0.717) is 45.2 Å². The molecule has 8 nitrogen and oxygen atoms in total. The van der Waals surface area contributed by atoms with Gasteiger partial charge in [0, 0.05) is 17.1 Å². The molecule has 2 aliphatic heterocycles. The maximum absolute atomic E-state index is 15.0. The van der Waals surface area contributed by atoms with Gasteiger partial charge in [-0.25, -0.2) is 0 Å². The van der Waals surface area contributed by atoms with Gasteiger partial charge in [-0.15, -0.1) is 0 Å². The van der Waals surface area contributed by atoms with E-state index in [0.717, 1.165) is 16.7 Å². The highest BCUT2D eigenvalue weighted by atomic mass is 35.5. The highest BCUT2D eigenvalue weighted by molar-refractivity contribution is 6.31. The van der Waals surface area contributed by atoms with Crippen LogP contribution in [0.5, 0.6) is 11.5 Å². The van der Waals surface area contributed by atoms with Crippen LogP contribution in [0.15, 0.2) is 94.1 Å². The first kappa shape index (κ1) is 28.7. The van der Waals surface area contributed by atoms with Gasteiger partial charge in [0.25, 0.3) is 11.8 Å². The van der Waals surface area contributed by atoms with E-state index in [2.05, 4.69) is 0 Å². The Morgan fingerprint density at radius 3 is 2.40 bits per heavy atom. The van der Waals surface area contributed by atoms with Gasteiger partial charge in [0.2, 0.25) is 5.76 Å². The molecule has 3 heterocycles. The first-order valence-corrected chi connectivity index (χ1v) is 14.9. The Labute approximate surface area is 264 Å². The van der Waals surface area contributed by atoms with E-state index in [-0.39, 0.29) is 24.4 Å². The van der Waals surface area contributed by atoms with E-state index >= 15 is 4.79 Å². The molecule has 2 aliphatic rings. The summed E-state index contributed by atoms with van der Waals surface area (Å²) in [5, 5.41) is 0.829. The molecule has 1 spiro atoms. The predicted octanol–water partition coefficient (Wildman–Crippen LogP) is 6.26. The van der Waals surface area contributed by atoms with Crippen molar-refractivity contribution in [1.29, 1.82) is 0 Å². The minimum Gasteiger partial charge on any atom is -0.493 e. The van der Waals surface area contributed by atoms with Gasteiger partial charge < -0.3 is 23.7 Å². The van der Waals surface area contributed by atoms with Gasteiger partial charge >= 0.3 is 0 Å². The SMILES string of the molecule is COc1ccc(CCN2C(=O)c3oc4ccc(C)cc4c(=O)c3C23C(=O)N(Cc2ccccc2Cl)c2ccccc23)cc1OC. The molecule has 0 N–H and O–H groups in total. The lowest BCUT2D eigenvalue weighted by atomic mass is 9.83. The summed E-state index contributed by atoms with van der Waals surface area (Å²) >= 11 is 6.54. The van der Waals surface area contributed by atoms with Crippen LogP contribution in [0.4, 0.5) is 5.69 Å². The third-order valence-electron chi connectivity index (χ3n) is 8.75. The standard InChI is InChI=1S/C36H29ClN2O6/c1-21-12-14-28-24(18-21)32(40)31-33(45-28)34(41)39(17-16-22-13-15-29(43-2)30(19-22)44-3)36(31)25-9-5-7-11-27(25)38(35(36)42)20-23-8-4-6-10-26(23)37/h4-15,18-19H,16-17,20H2,1-3H3. The Balaban J connectivity index is 1.43. The van der Waals surface area contributed by atoms with E-state index in [4.69, 9.17) is 25.5 Å². The monoisotopic (exact) mass is 620 g/mol. The third-order valence-corrected chi connectivity index (χ3v) is 9.12. The predicted molar refractivity (Wildman–Crippen MR) is 171 cm³/mol. The summed E-state index contributed by atoms with van der Waals surface area (Å²) in [6, 6.07) is 25.4. The highest BCUT2D eigenvalue weighted by Crippen LogP contribution is 2.53. The molecule has 1 unspecified atom stereocenters. The average molecular weight is 621 g/mol. The van der Waals surface area contributed by atoms with Crippen LogP contribution >= 0.6 is 11.6 Å². The van der Waals surface area contributed by atoms with Gasteiger partial charge in [-0.1, -0.05) is 65.7 Å². The molecule has 9 heteroatoms. The number of carbonyl (C=O) groups is 2. The van der Waals surface area contributed by atoms with Gasteiger partial charge in [0.15, 0.2) is 22.5 Å². The summed E-state index contributed by atoms with van der Waals surface area (Å²) in [6.07, 6.45) is 0.370. The molecule has 45 heavy (non-hydrogen) atoms. The second kappa shape index (κ2) is 10.8. The van der Waals surface area contributed by atoms with Crippen molar-refractivity contribution >= 4 is 40.1 Å². The summed E-state index contributed by atoms with van der Waals surface area (Å²) in [7, 11) is 3.12. The van der Waals surface area contributed by atoms with Crippen LogP contribution in [0.3, 0.4) is 0 Å². The zero-order valence-electron chi connectivity index (χ0n) is 24.9. The number of ether oxygens (including phenoxy) is 2. The van der Waals surface area contributed by atoms with Gasteiger partial charge in [0.1, 0.15) is 5.58 Å². The number of amides is 2. The smallest absolute Gasteiger partial charge is 0.291 e. The quantitative estimate of drug-likeness (QED) is 0.213. The maximum Gasteiger partial charge on any atom is 0.291 e. The Bertz CT molecular complexity index is 2090. The third kappa shape index (κ3) is 4.24. The molecule has 7 rings (SSSR count). The lowest BCUT2D eigenvalue weighted by Gasteiger charge is -2.34. The van der Waals surface area contributed by atoms with Crippen molar-refractivity contribution in [3.8, 4) is 11.5 Å². The first-order valence-electron chi connectivity index (χ1n) is 14.5. The number of methoxy groups -OCH3 is 2. The van der Waals surface area contributed by atoms with Crippen molar-refractivity contribution in [2.75, 3.05) is 25.7 Å². The Morgan fingerprint density at radius 1 is 0.867 bits per heavy atom. The number of carbonyl (C=O) groups excluding carboxylic acids is 2. The summed E-state index contributed by atoms with van der Waals surface area (Å²) in [4.78, 5) is 47.0. The maximum atomic E-state index is 15.0. The fraction of sp³-hybridized carbons (Fsp3) is 0.194. The second-order valence-corrected chi connectivity index (χ2v) is 11.6. The van der Waals surface area contributed by atoms with E-state index in [1.807, 2.05) is 67.6 Å². The number of para-hydroxylation sites is 1. The van der Waals surface area contributed by atoms with Crippen LogP contribution in [0.2, 0.25) is 5.02 Å². The van der Waals surface area contributed by atoms with E-state index in [1.54, 1.807) is 43.4 Å². The van der Waals surface area contributed by atoms with E-state index in [1.165, 1.54) is 4.90 Å².